The predicted molar refractivity (Wildman–Crippen MR) is 247 cm³/mol. The third-order valence-corrected chi connectivity index (χ3v) is 12.4. The lowest BCUT2D eigenvalue weighted by atomic mass is 9.79. The van der Waals surface area contributed by atoms with Crippen LogP contribution in [0.25, 0.3) is 50.6 Å². The molecule has 0 heteroatoms. The Balaban J connectivity index is 1.58. The van der Waals surface area contributed by atoms with Crippen LogP contribution in [0, 0.1) is 52.9 Å². The maximum absolute atomic E-state index is 2.62. The largest absolute Gasteiger partial charge is 0.0732 e. The van der Waals surface area contributed by atoms with E-state index in [9.17, 15) is 0 Å². The normalized spacial score (nSPS) is 14.5. The highest BCUT2D eigenvalue weighted by molar-refractivity contribution is 5.98. The van der Waals surface area contributed by atoms with Gasteiger partial charge in [-0.3, -0.25) is 0 Å². The highest BCUT2D eigenvalue weighted by Crippen LogP contribution is 2.46. The maximum Gasteiger partial charge on any atom is 0.00304 e. The molecule has 0 fully saturated rings. The van der Waals surface area contributed by atoms with Gasteiger partial charge in [0, 0.05) is 5.92 Å². The molecular weight excluding hydrogens is 685 g/mol. The van der Waals surface area contributed by atoms with Crippen molar-refractivity contribution >= 4 is 17.2 Å². The molecule has 1 atom stereocenters. The van der Waals surface area contributed by atoms with E-state index < -0.39 is 0 Å². The van der Waals surface area contributed by atoms with Gasteiger partial charge in [-0.15, -0.1) is 0 Å². The van der Waals surface area contributed by atoms with Crippen molar-refractivity contribution in [3.8, 4) is 33.4 Å². The quantitative estimate of drug-likeness (QED) is 0.145. The molecule has 57 heavy (non-hydrogen) atoms. The van der Waals surface area contributed by atoms with Crippen molar-refractivity contribution < 1.29 is 0 Å². The standard InChI is InChI=1S/C57H58/c1-11-12-19-43-31-46(57(8,9)10)33-48(43)55-50-32-45-30-44(52-37(4)26-35(2)27-38(52)5)24-25-47(45)49(50)34-51(56(55)53-39(6)28-36(3)29-40(53)7)54(41-20-15-13-16-21-41)42-22-17-14-18-23-42/h13-18,20-34,43H,11-12,19H2,1-10H3. The van der Waals surface area contributed by atoms with Gasteiger partial charge >= 0.3 is 0 Å². The minimum atomic E-state index is 0.0412. The molecule has 1 unspecified atom stereocenters. The SMILES string of the molecule is CCCCC1C=C(C(C)(C)C)C=C1c1c(-c2c(C)cc(C)cc2C)c(=C(c2ccccc2)c2ccccc2)cc2c1=Cc1cc(-c3c(C)cc(C)cc3C)ccc1-2. The van der Waals surface area contributed by atoms with Crippen molar-refractivity contribution in [1.29, 1.82) is 0 Å². The van der Waals surface area contributed by atoms with Crippen LogP contribution in [0.5, 0.6) is 0 Å². The van der Waals surface area contributed by atoms with Crippen molar-refractivity contribution in [2.75, 3.05) is 0 Å². The monoisotopic (exact) mass is 742 g/mol. The highest BCUT2D eigenvalue weighted by Gasteiger charge is 2.32. The van der Waals surface area contributed by atoms with Crippen molar-refractivity contribution in [3.63, 3.8) is 0 Å². The Labute approximate surface area is 342 Å². The average molecular weight is 743 g/mol. The lowest BCUT2D eigenvalue weighted by Gasteiger charge is -2.24. The fourth-order valence-corrected chi connectivity index (χ4v) is 9.98. The first-order valence-electron chi connectivity index (χ1n) is 21.1. The second kappa shape index (κ2) is 15.1. The van der Waals surface area contributed by atoms with Gasteiger partial charge in [-0.2, -0.15) is 0 Å². The summed E-state index contributed by atoms with van der Waals surface area (Å²) in [6, 6.07) is 41.4. The van der Waals surface area contributed by atoms with Crippen LogP contribution >= 0.6 is 0 Å². The molecule has 8 rings (SSSR count). The van der Waals surface area contributed by atoms with Crippen molar-refractivity contribution in [3.05, 3.63) is 193 Å². The first kappa shape index (κ1) is 38.4. The molecule has 0 heterocycles. The fraction of sp³-hybridized carbons (Fsp3) is 0.263. The molecule has 0 N–H and O–H groups in total. The topological polar surface area (TPSA) is 0 Å². The molecule has 0 spiro atoms. The van der Waals surface area contributed by atoms with Crippen LogP contribution in [0.3, 0.4) is 0 Å². The minimum Gasteiger partial charge on any atom is -0.0732 e. The van der Waals surface area contributed by atoms with Crippen LogP contribution in [-0.2, 0) is 0 Å². The van der Waals surface area contributed by atoms with E-state index in [1.54, 1.807) is 0 Å². The minimum absolute atomic E-state index is 0.0412. The molecule has 0 bridgehead atoms. The average Bonchev–Trinajstić information content (AvgIpc) is 3.76. The number of benzene rings is 6. The van der Waals surface area contributed by atoms with Crippen molar-refractivity contribution in [2.24, 2.45) is 11.3 Å². The van der Waals surface area contributed by atoms with Crippen LogP contribution in [-0.4, -0.2) is 0 Å². The van der Waals surface area contributed by atoms with E-state index in [-0.39, 0.29) is 5.41 Å². The Kier molecular flexibility index (Phi) is 10.2. The van der Waals surface area contributed by atoms with E-state index in [2.05, 4.69) is 197 Å². The highest BCUT2D eigenvalue weighted by atomic mass is 14.4. The molecule has 0 radical (unpaired) electrons. The fourth-order valence-electron chi connectivity index (χ4n) is 9.98. The summed E-state index contributed by atoms with van der Waals surface area (Å²) in [4.78, 5) is 0. The maximum atomic E-state index is 2.62. The van der Waals surface area contributed by atoms with Gasteiger partial charge in [-0.1, -0.05) is 161 Å². The van der Waals surface area contributed by atoms with Crippen molar-refractivity contribution in [2.45, 2.75) is 88.5 Å². The summed E-state index contributed by atoms with van der Waals surface area (Å²) < 4.78 is 0. The number of hydrogen-bond donors (Lipinski definition) is 0. The lowest BCUT2D eigenvalue weighted by Crippen LogP contribution is -2.24. The first-order valence-corrected chi connectivity index (χ1v) is 21.1. The predicted octanol–water partition coefficient (Wildman–Crippen LogP) is 14.1. The van der Waals surface area contributed by atoms with Gasteiger partial charge in [-0.25, -0.2) is 0 Å². The van der Waals surface area contributed by atoms with Gasteiger partial charge in [0.05, 0.1) is 0 Å². The molecule has 2 aliphatic carbocycles. The van der Waals surface area contributed by atoms with Crippen LogP contribution in [0.15, 0.2) is 127 Å². The van der Waals surface area contributed by atoms with Gasteiger partial charge in [-0.05, 0) is 177 Å². The molecule has 6 aromatic rings. The molecule has 6 aromatic carbocycles. The number of allylic oxidation sites excluding steroid dienone is 4. The Bertz CT molecular complexity index is 2640. The van der Waals surface area contributed by atoms with Crippen molar-refractivity contribution in [1.82, 2.24) is 0 Å². The summed E-state index contributed by atoms with van der Waals surface area (Å²) in [5.41, 5.74) is 25.3. The van der Waals surface area contributed by atoms with Crippen LogP contribution in [0.1, 0.15) is 103 Å². The lowest BCUT2D eigenvalue weighted by molar-refractivity contribution is 0.514. The zero-order valence-corrected chi connectivity index (χ0v) is 35.8. The van der Waals surface area contributed by atoms with E-state index in [4.69, 9.17) is 0 Å². The molecule has 0 saturated heterocycles. The third kappa shape index (κ3) is 7.10. The number of fused-ring (bicyclic) bond motifs is 3. The number of hydrogen-bond acceptors (Lipinski definition) is 0. The number of rotatable bonds is 8. The molecule has 0 nitrogen and oxygen atoms in total. The molecule has 0 aliphatic heterocycles. The smallest absolute Gasteiger partial charge is 0.00304 e. The summed E-state index contributed by atoms with van der Waals surface area (Å²) in [5, 5.41) is 2.65. The van der Waals surface area contributed by atoms with E-state index >= 15 is 0 Å². The summed E-state index contributed by atoms with van der Waals surface area (Å²) >= 11 is 0. The molecule has 0 saturated carbocycles. The Morgan fingerprint density at radius 3 is 1.67 bits per heavy atom. The van der Waals surface area contributed by atoms with Crippen LogP contribution < -0.4 is 10.4 Å². The summed E-state index contributed by atoms with van der Waals surface area (Å²) in [5.74, 6) is 0.339. The number of unbranched alkanes of at least 4 members (excludes halogenated alkanes) is 1. The van der Waals surface area contributed by atoms with Crippen LogP contribution in [0.4, 0.5) is 0 Å². The first-order chi connectivity index (χ1) is 27.3. The molecule has 0 amide bonds. The van der Waals surface area contributed by atoms with Gasteiger partial charge in [0.2, 0.25) is 0 Å². The summed E-state index contributed by atoms with van der Waals surface area (Å²) in [6.45, 7) is 23.1. The third-order valence-electron chi connectivity index (χ3n) is 12.4. The van der Waals surface area contributed by atoms with E-state index in [0.717, 1.165) is 6.42 Å². The van der Waals surface area contributed by atoms with Crippen LogP contribution in [0.2, 0.25) is 0 Å². The Hall–Kier alpha value is -5.46. The zero-order chi connectivity index (χ0) is 40.2. The molecule has 286 valence electrons. The zero-order valence-electron chi connectivity index (χ0n) is 35.8. The second-order valence-corrected chi connectivity index (χ2v) is 18.0. The molecule has 2 aliphatic rings. The van der Waals surface area contributed by atoms with E-state index in [0.29, 0.717) is 5.92 Å². The van der Waals surface area contributed by atoms with Gasteiger partial charge in [0.1, 0.15) is 0 Å². The second-order valence-electron chi connectivity index (χ2n) is 18.0. The Morgan fingerprint density at radius 1 is 0.561 bits per heavy atom. The van der Waals surface area contributed by atoms with Gasteiger partial charge in [0.25, 0.3) is 0 Å². The van der Waals surface area contributed by atoms with E-state index in [1.807, 2.05) is 0 Å². The Morgan fingerprint density at radius 2 is 1.12 bits per heavy atom. The summed E-state index contributed by atoms with van der Waals surface area (Å²) in [7, 11) is 0. The van der Waals surface area contributed by atoms with E-state index in [1.165, 1.54) is 129 Å². The number of aryl methyl sites for hydroxylation is 6. The van der Waals surface area contributed by atoms with Gasteiger partial charge in [0.15, 0.2) is 0 Å². The molecular formula is C57H58. The molecule has 0 aromatic heterocycles. The summed E-state index contributed by atoms with van der Waals surface area (Å²) in [6.07, 6.45) is 11.3. The van der Waals surface area contributed by atoms with Gasteiger partial charge < -0.3 is 0 Å².